The number of fused-ring (bicyclic) bond motifs is 1. The van der Waals surface area contributed by atoms with E-state index in [4.69, 9.17) is 11.6 Å². The van der Waals surface area contributed by atoms with Crippen LogP contribution in [0, 0.1) is 12.7 Å². The standard InChI is InChI=1S/C24H18ClFN6O/c1-15-2-4-16(5-3-15)22-8-9-27-23-20(12-29-32(22)23)24(33)30-19-11-28-31(14-19)13-17-6-7-18(26)10-21(17)25/h2-12,14H,13H2,1H3,(H,30,33). The molecule has 9 heteroatoms. The first-order valence-electron chi connectivity index (χ1n) is 10.2. The fourth-order valence-corrected chi connectivity index (χ4v) is 3.76. The first-order valence-corrected chi connectivity index (χ1v) is 10.5. The second-order valence-corrected chi connectivity index (χ2v) is 8.01. The number of hydrogen-bond donors (Lipinski definition) is 1. The van der Waals surface area contributed by atoms with Gasteiger partial charge in [-0.25, -0.2) is 13.9 Å². The summed E-state index contributed by atoms with van der Waals surface area (Å²) in [4.78, 5) is 17.3. The number of halogens is 2. The molecule has 0 radical (unpaired) electrons. The van der Waals surface area contributed by atoms with E-state index in [1.54, 1.807) is 27.7 Å². The molecule has 0 fully saturated rings. The third kappa shape index (κ3) is 4.20. The molecule has 3 heterocycles. The molecule has 164 valence electrons. The summed E-state index contributed by atoms with van der Waals surface area (Å²) < 4.78 is 16.5. The van der Waals surface area contributed by atoms with E-state index in [9.17, 15) is 9.18 Å². The summed E-state index contributed by atoms with van der Waals surface area (Å²) in [6.07, 6.45) is 6.37. The number of carbonyl (C=O) groups is 1. The van der Waals surface area contributed by atoms with Crippen LogP contribution in [0.25, 0.3) is 16.9 Å². The average Bonchev–Trinajstić information content (AvgIpc) is 3.43. The van der Waals surface area contributed by atoms with E-state index in [0.29, 0.717) is 28.5 Å². The molecule has 0 aliphatic carbocycles. The van der Waals surface area contributed by atoms with Crippen molar-refractivity contribution in [1.29, 1.82) is 0 Å². The van der Waals surface area contributed by atoms with Crippen molar-refractivity contribution in [3.63, 3.8) is 0 Å². The minimum atomic E-state index is -0.398. The van der Waals surface area contributed by atoms with Crippen LogP contribution >= 0.6 is 11.6 Å². The van der Waals surface area contributed by atoms with Crippen LogP contribution in [0.5, 0.6) is 0 Å². The summed E-state index contributed by atoms with van der Waals surface area (Å²) in [7, 11) is 0. The Balaban J connectivity index is 1.37. The summed E-state index contributed by atoms with van der Waals surface area (Å²) in [6.45, 7) is 2.37. The minimum Gasteiger partial charge on any atom is -0.319 e. The van der Waals surface area contributed by atoms with Crippen molar-refractivity contribution in [3.05, 3.63) is 101 Å². The third-order valence-electron chi connectivity index (χ3n) is 5.23. The predicted octanol–water partition coefficient (Wildman–Crippen LogP) is 4.99. The third-order valence-corrected chi connectivity index (χ3v) is 5.58. The molecule has 1 N–H and O–H groups in total. The maximum absolute atomic E-state index is 13.3. The van der Waals surface area contributed by atoms with Crippen molar-refractivity contribution in [2.45, 2.75) is 13.5 Å². The lowest BCUT2D eigenvalue weighted by molar-refractivity contribution is 0.102. The Kier molecular flexibility index (Phi) is 5.35. The van der Waals surface area contributed by atoms with Crippen LogP contribution in [0.15, 0.2) is 73.3 Å². The quantitative estimate of drug-likeness (QED) is 0.400. The van der Waals surface area contributed by atoms with Gasteiger partial charge in [0.15, 0.2) is 5.65 Å². The zero-order valence-corrected chi connectivity index (χ0v) is 18.3. The second-order valence-electron chi connectivity index (χ2n) is 7.61. The molecule has 2 aromatic carbocycles. The zero-order valence-electron chi connectivity index (χ0n) is 17.5. The van der Waals surface area contributed by atoms with Crippen molar-refractivity contribution in [2.24, 2.45) is 0 Å². The highest BCUT2D eigenvalue weighted by atomic mass is 35.5. The maximum atomic E-state index is 13.3. The van der Waals surface area contributed by atoms with Gasteiger partial charge >= 0.3 is 0 Å². The Bertz CT molecular complexity index is 1470. The average molecular weight is 461 g/mol. The maximum Gasteiger partial charge on any atom is 0.261 e. The fourth-order valence-electron chi connectivity index (χ4n) is 3.53. The van der Waals surface area contributed by atoms with Crippen LogP contribution < -0.4 is 5.32 Å². The summed E-state index contributed by atoms with van der Waals surface area (Å²) >= 11 is 6.09. The number of aromatic nitrogens is 5. The molecule has 3 aromatic heterocycles. The molecule has 0 atom stereocenters. The topological polar surface area (TPSA) is 77.1 Å². The smallest absolute Gasteiger partial charge is 0.261 e. The molecule has 0 unspecified atom stereocenters. The molecular formula is C24H18ClFN6O. The lowest BCUT2D eigenvalue weighted by Gasteiger charge is -2.06. The van der Waals surface area contributed by atoms with Crippen molar-refractivity contribution < 1.29 is 9.18 Å². The van der Waals surface area contributed by atoms with Gasteiger partial charge in [0.25, 0.3) is 5.91 Å². The predicted molar refractivity (Wildman–Crippen MR) is 124 cm³/mol. The molecule has 0 saturated heterocycles. The van der Waals surface area contributed by atoms with Gasteiger partial charge in [-0.05, 0) is 30.7 Å². The summed E-state index contributed by atoms with van der Waals surface area (Å²) in [6, 6.07) is 14.1. The van der Waals surface area contributed by atoms with E-state index in [-0.39, 0.29) is 5.91 Å². The second kappa shape index (κ2) is 8.48. The van der Waals surface area contributed by atoms with Gasteiger partial charge in [0, 0.05) is 23.0 Å². The Morgan fingerprint density at radius 1 is 1.09 bits per heavy atom. The molecule has 0 saturated carbocycles. The van der Waals surface area contributed by atoms with Crippen LogP contribution in [0.2, 0.25) is 5.02 Å². The Morgan fingerprint density at radius 2 is 1.91 bits per heavy atom. The first kappa shape index (κ1) is 20.8. The molecule has 7 nitrogen and oxygen atoms in total. The van der Waals surface area contributed by atoms with Gasteiger partial charge in [-0.15, -0.1) is 0 Å². The number of nitrogens with one attached hydrogen (secondary N) is 1. The number of rotatable bonds is 5. The molecule has 0 spiro atoms. The zero-order chi connectivity index (χ0) is 22.9. The summed E-state index contributed by atoms with van der Waals surface area (Å²) in [5.41, 5.74) is 5.00. The highest BCUT2D eigenvalue weighted by Gasteiger charge is 2.17. The normalized spacial score (nSPS) is 11.1. The van der Waals surface area contributed by atoms with Gasteiger partial charge in [-0.1, -0.05) is 47.5 Å². The van der Waals surface area contributed by atoms with E-state index >= 15 is 0 Å². The Hall–Kier alpha value is -4.04. The van der Waals surface area contributed by atoms with Crippen molar-refractivity contribution in [2.75, 3.05) is 5.32 Å². The summed E-state index contributed by atoms with van der Waals surface area (Å²) in [5.74, 6) is -0.748. The van der Waals surface area contributed by atoms with Crippen LogP contribution in [-0.2, 0) is 6.54 Å². The van der Waals surface area contributed by atoms with Crippen molar-refractivity contribution in [3.8, 4) is 11.3 Å². The number of amides is 1. The number of aryl methyl sites for hydroxylation is 1. The van der Waals surface area contributed by atoms with E-state index in [1.165, 1.54) is 24.5 Å². The van der Waals surface area contributed by atoms with Gasteiger partial charge < -0.3 is 5.32 Å². The molecule has 0 aliphatic heterocycles. The molecule has 5 aromatic rings. The Morgan fingerprint density at radius 3 is 2.70 bits per heavy atom. The van der Waals surface area contributed by atoms with Crippen LogP contribution in [0.4, 0.5) is 10.1 Å². The highest BCUT2D eigenvalue weighted by Crippen LogP contribution is 2.22. The molecular weight excluding hydrogens is 443 g/mol. The van der Waals surface area contributed by atoms with E-state index in [2.05, 4.69) is 20.5 Å². The monoisotopic (exact) mass is 460 g/mol. The first-order chi connectivity index (χ1) is 16.0. The molecule has 33 heavy (non-hydrogen) atoms. The molecule has 5 rings (SSSR count). The lowest BCUT2D eigenvalue weighted by Crippen LogP contribution is -2.11. The Labute approximate surface area is 193 Å². The SMILES string of the molecule is Cc1ccc(-c2ccnc3c(C(=O)Nc4cnn(Cc5ccc(F)cc5Cl)c4)cnn23)cc1. The largest absolute Gasteiger partial charge is 0.319 e. The van der Waals surface area contributed by atoms with Crippen molar-refractivity contribution in [1.82, 2.24) is 24.4 Å². The van der Waals surface area contributed by atoms with Gasteiger partial charge in [-0.2, -0.15) is 10.2 Å². The number of anilines is 1. The van der Waals surface area contributed by atoms with E-state index < -0.39 is 5.82 Å². The fraction of sp³-hybridized carbons (Fsp3) is 0.0833. The van der Waals surface area contributed by atoms with Gasteiger partial charge in [0.1, 0.15) is 11.4 Å². The number of carbonyl (C=O) groups excluding carboxylic acids is 1. The van der Waals surface area contributed by atoms with Crippen LogP contribution in [-0.4, -0.2) is 30.3 Å². The molecule has 0 bridgehead atoms. The number of nitrogens with zero attached hydrogens (tertiary/aromatic N) is 5. The van der Waals surface area contributed by atoms with Gasteiger partial charge in [0.05, 0.1) is 30.3 Å². The lowest BCUT2D eigenvalue weighted by atomic mass is 10.1. The summed E-state index contributed by atoms with van der Waals surface area (Å²) in [5, 5.41) is 11.8. The van der Waals surface area contributed by atoms with Gasteiger partial charge in [-0.3, -0.25) is 9.48 Å². The van der Waals surface area contributed by atoms with Crippen LogP contribution in [0.1, 0.15) is 21.5 Å². The molecule has 1 amide bonds. The van der Waals surface area contributed by atoms with Crippen molar-refractivity contribution >= 4 is 28.8 Å². The van der Waals surface area contributed by atoms with E-state index in [1.807, 2.05) is 37.3 Å². The van der Waals surface area contributed by atoms with E-state index in [0.717, 1.165) is 22.4 Å². The van der Waals surface area contributed by atoms with Gasteiger partial charge in [0.2, 0.25) is 0 Å². The number of hydrogen-bond acceptors (Lipinski definition) is 4. The minimum absolute atomic E-state index is 0.317. The van der Waals surface area contributed by atoms with Crippen LogP contribution in [0.3, 0.4) is 0 Å². The molecule has 0 aliphatic rings. The highest BCUT2D eigenvalue weighted by molar-refractivity contribution is 6.31. The number of benzene rings is 2.